The minimum atomic E-state index is -0.0858. The van der Waals surface area contributed by atoms with Crippen LogP contribution in [0.15, 0.2) is 41.5 Å². The average Bonchev–Trinajstić information content (AvgIpc) is 2.63. The van der Waals surface area contributed by atoms with Crippen LogP contribution >= 0.6 is 0 Å². The van der Waals surface area contributed by atoms with Gasteiger partial charge >= 0.3 is 0 Å². The van der Waals surface area contributed by atoms with Gasteiger partial charge in [0.2, 0.25) is 5.95 Å². The highest BCUT2D eigenvalue weighted by Gasteiger charge is 2.13. The molecule has 1 aromatic carbocycles. The van der Waals surface area contributed by atoms with Gasteiger partial charge < -0.3 is 15.2 Å². The van der Waals surface area contributed by atoms with Gasteiger partial charge in [-0.1, -0.05) is 12.1 Å². The number of nitrogens with one attached hydrogen (secondary N) is 2. The largest absolute Gasteiger partial charge is 0.338 e. The number of piperazine rings is 1. The van der Waals surface area contributed by atoms with E-state index in [1.807, 2.05) is 31.2 Å². The first-order valence-corrected chi connectivity index (χ1v) is 8.13. The second-order valence-corrected chi connectivity index (χ2v) is 6.06. The molecule has 4 rings (SSSR count). The van der Waals surface area contributed by atoms with Crippen molar-refractivity contribution in [2.45, 2.75) is 6.92 Å². The highest BCUT2D eigenvalue weighted by atomic mass is 16.1. The molecule has 24 heavy (non-hydrogen) atoms. The minimum absolute atomic E-state index is 0.0858. The zero-order valence-corrected chi connectivity index (χ0v) is 13.5. The second kappa shape index (κ2) is 6.05. The highest BCUT2D eigenvalue weighted by Crippen LogP contribution is 2.22. The number of aromatic amines is 1. The number of hydrogen-bond donors (Lipinski definition) is 2. The van der Waals surface area contributed by atoms with Crippen LogP contribution in [-0.2, 0) is 0 Å². The molecule has 0 bridgehead atoms. The first-order valence-electron chi connectivity index (χ1n) is 8.13. The predicted molar refractivity (Wildman–Crippen MR) is 95.4 cm³/mol. The van der Waals surface area contributed by atoms with E-state index in [9.17, 15) is 4.79 Å². The number of rotatable bonds is 2. The van der Waals surface area contributed by atoms with Crippen LogP contribution in [0.5, 0.6) is 0 Å². The van der Waals surface area contributed by atoms with E-state index in [1.54, 1.807) is 12.4 Å². The van der Waals surface area contributed by atoms with E-state index in [0.29, 0.717) is 5.39 Å². The maximum absolute atomic E-state index is 12.3. The maximum atomic E-state index is 12.3. The smallest absolute Gasteiger partial charge is 0.256 e. The number of anilines is 1. The number of H-pyrrole nitrogens is 1. The van der Waals surface area contributed by atoms with Crippen molar-refractivity contribution in [3.05, 3.63) is 52.6 Å². The third kappa shape index (κ3) is 2.65. The Morgan fingerprint density at radius 1 is 1.08 bits per heavy atom. The van der Waals surface area contributed by atoms with Crippen LogP contribution in [-0.4, -0.2) is 41.1 Å². The molecule has 122 valence electrons. The quantitative estimate of drug-likeness (QED) is 0.751. The zero-order valence-electron chi connectivity index (χ0n) is 13.5. The standard InChI is InChI=1S/C18H19N5O/c1-12-3-2-4-14-15(12)9-16(22-17(14)24)13-10-20-18(21-11-13)23-7-5-19-6-8-23/h2-4,9-11,19H,5-8H2,1H3,(H,22,24). The van der Waals surface area contributed by atoms with Crippen LogP contribution in [0.2, 0.25) is 0 Å². The molecule has 6 heteroatoms. The lowest BCUT2D eigenvalue weighted by Crippen LogP contribution is -2.44. The summed E-state index contributed by atoms with van der Waals surface area (Å²) in [5.41, 5.74) is 2.56. The number of benzene rings is 1. The SMILES string of the molecule is Cc1cccc2c(=O)[nH]c(-c3cnc(N4CCNCC4)nc3)cc12. The number of fused-ring (bicyclic) bond motifs is 1. The first kappa shape index (κ1) is 14.8. The molecule has 1 aliphatic heterocycles. The van der Waals surface area contributed by atoms with Gasteiger partial charge in [-0.05, 0) is 30.0 Å². The Hall–Kier alpha value is -2.73. The third-order valence-electron chi connectivity index (χ3n) is 4.45. The number of aromatic nitrogens is 3. The summed E-state index contributed by atoms with van der Waals surface area (Å²) < 4.78 is 0. The molecule has 3 aromatic rings. The summed E-state index contributed by atoms with van der Waals surface area (Å²) in [5, 5.41) is 4.98. The Morgan fingerprint density at radius 2 is 1.83 bits per heavy atom. The predicted octanol–water partition coefficient (Wildman–Crippen LogP) is 1.70. The van der Waals surface area contributed by atoms with Crippen molar-refractivity contribution in [2.24, 2.45) is 0 Å². The molecule has 2 aromatic heterocycles. The zero-order chi connectivity index (χ0) is 16.5. The molecule has 1 fully saturated rings. The van der Waals surface area contributed by atoms with E-state index < -0.39 is 0 Å². The van der Waals surface area contributed by atoms with E-state index in [2.05, 4.69) is 25.2 Å². The number of aryl methyl sites for hydroxylation is 1. The molecule has 3 heterocycles. The fourth-order valence-electron chi connectivity index (χ4n) is 3.08. The molecule has 1 aliphatic rings. The monoisotopic (exact) mass is 321 g/mol. The van der Waals surface area contributed by atoms with E-state index in [1.165, 1.54) is 0 Å². The Bertz CT molecular complexity index is 926. The Labute approximate surface area is 139 Å². The molecule has 0 saturated carbocycles. The van der Waals surface area contributed by atoms with Gasteiger partial charge in [0, 0.05) is 49.5 Å². The van der Waals surface area contributed by atoms with Gasteiger partial charge in [-0.25, -0.2) is 9.97 Å². The molecule has 0 amide bonds. The van der Waals surface area contributed by atoms with Crippen molar-refractivity contribution >= 4 is 16.7 Å². The Morgan fingerprint density at radius 3 is 2.58 bits per heavy atom. The van der Waals surface area contributed by atoms with E-state index in [-0.39, 0.29) is 5.56 Å². The van der Waals surface area contributed by atoms with Crippen molar-refractivity contribution < 1.29 is 0 Å². The van der Waals surface area contributed by atoms with Gasteiger partial charge in [0.15, 0.2) is 0 Å². The summed E-state index contributed by atoms with van der Waals surface area (Å²) in [6.45, 7) is 5.72. The molecule has 0 unspecified atom stereocenters. The highest BCUT2D eigenvalue weighted by molar-refractivity contribution is 5.87. The van der Waals surface area contributed by atoms with Crippen LogP contribution in [0.4, 0.5) is 5.95 Å². The molecular weight excluding hydrogens is 302 g/mol. The topological polar surface area (TPSA) is 73.9 Å². The number of nitrogens with zero attached hydrogens (tertiary/aromatic N) is 3. The molecule has 0 radical (unpaired) electrons. The number of pyridine rings is 1. The van der Waals surface area contributed by atoms with Crippen molar-refractivity contribution in [1.82, 2.24) is 20.3 Å². The van der Waals surface area contributed by atoms with E-state index in [0.717, 1.165) is 54.3 Å². The summed E-state index contributed by atoms with van der Waals surface area (Å²) in [6, 6.07) is 7.75. The summed E-state index contributed by atoms with van der Waals surface area (Å²) in [4.78, 5) is 26.4. The summed E-state index contributed by atoms with van der Waals surface area (Å²) >= 11 is 0. The van der Waals surface area contributed by atoms with Gasteiger partial charge in [-0.2, -0.15) is 0 Å². The lowest BCUT2D eigenvalue weighted by atomic mass is 10.1. The summed E-state index contributed by atoms with van der Waals surface area (Å²) in [5.74, 6) is 0.736. The number of hydrogen-bond acceptors (Lipinski definition) is 5. The molecular formula is C18H19N5O. The Kier molecular flexibility index (Phi) is 3.74. The maximum Gasteiger partial charge on any atom is 0.256 e. The lowest BCUT2D eigenvalue weighted by molar-refractivity contribution is 0.580. The minimum Gasteiger partial charge on any atom is -0.338 e. The van der Waals surface area contributed by atoms with Crippen LogP contribution in [0.3, 0.4) is 0 Å². The van der Waals surface area contributed by atoms with Crippen molar-refractivity contribution in [3.63, 3.8) is 0 Å². The summed E-state index contributed by atoms with van der Waals surface area (Å²) in [6.07, 6.45) is 3.56. The van der Waals surface area contributed by atoms with Crippen LogP contribution in [0.1, 0.15) is 5.56 Å². The molecule has 1 saturated heterocycles. The third-order valence-corrected chi connectivity index (χ3v) is 4.45. The van der Waals surface area contributed by atoms with Gasteiger partial charge in [0.05, 0.1) is 5.69 Å². The van der Waals surface area contributed by atoms with E-state index in [4.69, 9.17) is 0 Å². The van der Waals surface area contributed by atoms with E-state index >= 15 is 0 Å². The molecule has 0 aliphatic carbocycles. The van der Waals surface area contributed by atoms with Gasteiger partial charge in [0.25, 0.3) is 5.56 Å². The Balaban J connectivity index is 1.72. The fraction of sp³-hybridized carbons (Fsp3) is 0.278. The van der Waals surface area contributed by atoms with Crippen molar-refractivity contribution in [3.8, 4) is 11.3 Å². The normalized spacial score (nSPS) is 15.0. The van der Waals surface area contributed by atoms with Gasteiger partial charge in [-0.15, -0.1) is 0 Å². The first-order chi connectivity index (χ1) is 11.7. The molecule has 2 N–H and O–H groups in total. The van der Waals surface area contributed by atoms with Gasteiger partial charge in [0.1, 0.15) is 0 Å². The van der Waals surface area contributed by atoms with Crippen LogP contribution in [0.25, 0.3) is 22.0 Å². The average molecular weight is 321 g/mol. The molecule has 6 nitrogen and oxygen atoms in total. The summed E-state index contributed by atoms with van der Waals surface area (Å²) in [7, 11) is 0. The van der Waals surface area contributed by atoms with Crippen LogP contribution < -0.4 is 15.8 Å². The van der Waals surface area contributed by atoms with Crippen LogP contribution in [0, 0.1) is 6.92 Å². The van der Waals surface area contributed by atoms with Crippen molar-refractivity contribution in [1.29, 1.82) is 0 Å². The molecule has 0 atom stereocenters. The van der Waals surface area contributed by atoms with Crippen molar-refractivity contribution in [2.75, 3.05) is 31.1 Å². The fourth-order valence-corrected chi connectivity index (χ4v) is 3.08. The van der Waals surface area contributed by atoms with Gasteiger partial charge in [-0.3, -0.25) is 4.79 Å². The second-order valence-electron chi connectivity index (χ2n) is 6.06. The molecule has 0 spiro atoms. The lowest BCUT2D eigenvalue weighted by Gasteiger charge is -2.27.